The van der Waals surface area contributed by atoms with Gasteiger partial charge in [0.25, 0.3) is 0 Å². The Bertz CT molecular complexity index is 996. The number of aromatic nitrogens is 2. The fourth-order valence-corrected chi connectivity index (χ4v) is 3.34. The van der Waals surface area contributed by atoms with Gasteiger partial charge in [0.05, 0.1) is 5.56 Å². The van der Waals surface area contributed by atoms with E-state index in [2.05, 4.69) is 9.97 Å². The Morgan fingerprint density at radius 1 is 0.793 bits per heavy atom. The Morgan fingerprint density at radius 3 is 1.83 bits per heavy atom. The highest BCUT2D eigenvalue weighted by Gasteiger charge is 2.43. The number of nitrogens with zero attached hydrogens (tertiary/aromatic N) is 2. The van der Waals surface area contributed by atoms with Crippen molar-refractivity contribution < 1.29 is 22.7 Å². The smallest absolute Gasteiger partial charge is 0.380 e. The zero-order valence-corrected chi connectivity index (χ0v) is 16.1. The van der Waals surface area contributed by atoms with E-state index < -0.39 is 28.6 Å². The molecule has 0 spiro atoms. The van der Waals surface area contributed by atoms with Crippen molar-refractivity contribution in [3.8, 4) is 11.1 Å². The quantitative estimate of drug-likeness (QED) is 0.580. The minimum absolute atomic E-state index is 0.0480. The molecule has 0 fully saturated rings. The van der Waals surface area contributed by atoms with E-state index in [1.165, 1.54) is 18.7 Å². The van der Waals surface area contributed by atoms with Crippen molar-refractivity contribution in [2.75, 3.05) is 0 Å². The van der Waals surface area contributed by atoms with E-state index in [0.717, 1.165) is 12.1 Å². The minimum atomic E-state index is -4.61. The standard InChI is InChI=1S/C22H20F4N2O/c1-20(2,3)21(29,17-11-27-13-28-12-17)15-6-4-14(5-7-15)18-9-8-16(10-19(18)23)22(24,25)26/h4-13,29H,1-3H3. The van der Waals surface area contributed by atoms with Gasteiger partial charge in [-0.3, -0.25) is 0 Å². The lowest BCUT2D eigenvalue weighted by molar-refractivity contribution is -0.137. The molecule has 0 radical (unpaired) electrons. The van der Waals surface area contributed by atoms with Crippen LogP contribution in [0.4, 0.5) is 17.6 Å². The van der Waals surface area contributed by atoms with Crippen LogP contribution in [0.3, 0.4) is 0 Å². The van der Waals surface area contributed by atoms with Crippen molar-refractivity contribution in [1.29, 1.82) is 0 Å². The summed E-state index contributed by atoms with van der Waals surface area (Å²) in [6, 6.07) is 8.84. The van der Waals surface area contributed by atoms with Gasteiger partial charge >= 0.3 is 6.18 Å². The summed E-state index contributed by atoms with van der Waals surface area (Å²) >= 11 is 0. The molecule has 3 aromatic rings. The van der Waals surface area contributed by atoms with Crippen LogP contribution in [0.5, 0.6) is 0 Å². The molecule has 1 N–H and O–H groups in total. The van der Waals surface area contributed by atoms with Gasteiger partial charge in [0, 0.05) is 23.5 Å². The van der Waals surface area contributed by atoms with Crippen LogP contribution < -0.4 is 0 Å². The van der Waals surface area contributed by atoms with Gasteiger partial charge in [-0.05, 0) is 28.7 Å². The van der Waals surface area contributed by atoms with E-state index in [0.29, 0.717) is 22.8 Å². The van der Waals surface area contributed by atoms with Gasteiger partial charge in [-0.1, -0.05) is 51.1 Å². The number of hydrogen-bond donors (Lipinski definition) is 1. The first-order chi connectivity index (χ1) is 13.4. The van der Waals surface area contributed by atoms with E-state index in [1.54, 1.807) is 24.3 Å². The second kappa shape index (κ2) is 7.22. The van der Waals surface area contributed by atoms with E-state index in [-0.39, 0.29) is 5.56 Å². The molecule has 3 rings (SSSR count). The molecule has 0 bridgehead atoms. The molecule has 29 heavy (non-hydrogen) atoms. The Labute approximate surface area is 166 Å². The molecule has 1 unspecified atom stereocenters. The van der Waals surface area contributed by atoms with Gasteiger partial charge in [0.1, 0.15) is 17.7 Å². The summed E-state index contributed by atoms with van der Waals surface area (Å²) in [7, 11) is 0. The lowest BCUT2D eigenvalue weighted by Gasteiger charge is -2.40. The molecule has 1 atom stereocenters. The molecule has 0 aliphatic heterocycles. The number of alkyl halides is 3. The summed E-state index contributed by atoms with van der Waals surface area (Å²) in [6.45, 7) is 5.59. The van der Waals surface area contributed by atoms with Crippen LogP contribution in [0.15, 0.2) is 61.2 Å². The average molecular weight is 404 g/mol. The van der Waals surface area contributed by atoms with Crippen molar-refractivity contribution in [3.05, 3.63) is 83.7 Å². The van der Waals surface area contributed by atoms with Gasteiger partial charge in [-0.15, -0.1) is 0 Å². The Hall–Kier alpha value is -2.80. The van der Waals surface area contributed by atoms with Crippen molar-refractivity contribution in [3.63, 3.8) is 0 Å². The Balaban J connectivity index is 2.04. The van der Waals surface area contributed by atoms with Gasteiger partial charge in [0.2, 0.25) is 0 Å². The van der Waals surface area contributed by atoms with Gasteiger partial charge in [0.15, 0.2) is 0 Å². The van der Waals surface area contributed by atoms with Crippen molar-refractivity contribution in [2.24, 2.45) is 5.41 Å². The van der Waals surface area contributed by atoms with E-state index in [4.69, 9.17) is 0 Å². The maximum Gasteiger partial charge on any atom is 0.416 e. The van der Waals surface area contributed by atoms with Crippen LogP contribution in [0.2, 0.25) is 0 Å². The molecule has 1 aromatic heterocycles. The predicted octanol–water partition coefficient (Wildman–Crippen LogP) is 5.58. The van der Waals surface area contributed by atoms with E-state index >= 15 is 0 Å². The average Bonchev–Trinajstić information content (AvgIpc) is 2.66. The molecule has 152 valence electrons. The summed E-state index contributed by atoms with van der Waals surface area (Å²) in [5.74, 6) is -0.963. The number of benzene rings is 2. The third kappa shape index (κ3) is 3.87. The lowest BCUT2D eigenvalue weighted by Crippen LogP contribution is -2.41. The first-order valence-electron chi connectivity index (χ1n) is 8.90. The van der Waals surface area contributed by atoms with E-state index in [9.17, 15) is 22.7 Å². The third-order valence-corrected chi connectivity index (χ3v) is 4.97. The van der Waals surface area contributed by atoms with Crippen molar-refractivity contribution in [2.45, 2.75) is 32.5 Å². The fourth-order valence-electron chi connectivity index (χ4n) is 3.34. The Kier molecular flexibility index (Phi) is 5.21. The molecule has 0 saturated heterocycles. The fraction of sp³-hybridized carbons (Fsp3) is 0.273. The molecule has 0 aliphatic rings. The highest BCUT2D eigenvalue weighted by molar-refractivity contribution is 5.65. The topological polar surface area (TPSA) is 46.0 Å². The maximum atomic E-state index is 14.3. The van der Waals surface area contributed by atoms with Crippen LogP contribution in [-0.4, -0.2) is 15.1 Å². The number of halogens is 4. The molecule has 2 aromatic carbocycles. The van der Waals surface area contributed by atoms with Crippen LogP contribution in [0.25, 0.3) is 11.1 Å². The summed E-state index contributed by atoms with van der Waals surface area (Å²) in [6.07, 6.45) is -0.184. The summed E-state index contributed by atoms with van der Waals surface area (Å²) < 4.78 is 52.6. The van der Waals surface area contributed by atoms with Crippen LogP contribution >= 0.6 is 0 Å². The van der Waals surface area contributed by atoms with Crippen molar-refractivity contribution in [1.82, 2.24) is 9.97 Å². The summed E-state index contributed by atoms with van der Waals surface area (Å²) in [5.41, 5.74) is -1.60. The second-order valence-electron chi connectivity index (χ2n) is 7.86. The number of hydrogen-bond acceptors (Lipinski definition) is 3. The minimum Gasteiger partial charge on any atom is -0.380 e. The maximum absolute atomic E-state index is 14.3. The monoisotopic (exact) mass is 404 g/mol. The van der Waals surface area contributed by atoms with Gasteiger partial charge in [-0.2, -0.15) is 13.2 Å². The first-order valence-corrected chi connectivity index (χ1v) is 8.90. The van der Waals surface area contributed by atoms with Gasteiger partial charge in [-0.25, -0.2) is 14.4 Å². The molecule has 3 nitrogen and oxygen atoms in total. The largest absolute Gasteiger partial charge is 0.416 e. The van der Waals surface area contributed by atoms with Crippen LogP contribution in [0, 0.1) is 11.2 Å². The molecule has 7 heteroatoms. The number of aliphatic hydroxyl groups is 1. The summed E-state index contributed by atoms with van der Waals surface area (Å²) in [5, 5.41) is 11.6. The van der Waals surface area contributed by atoms with Gasteiger partial charge < -0.3 is 5.11 Å². The molecule has 0 amide bonds. The van der Waals surface area contributed by atoms with Crippen molar-refractivity contribution >= 4 is 0 Å². The predicted molar refractivity (Wildman–Crippen MR) is 101 cm³/mol. The van der Waals surface area contributed by atoms with Crippen LogP contribution in [0.1, 0.15) is 37.5 Å². The second-order valence-corrected chi connectivity index (χ2v) is 7.86. The molecule has 0 aliphatic carbocycles. The molecule has 0 saturated carbocycles. The third-order valence-electron chi connectivity index (χ3n) is 4.97. The SMILES string of the molecule is CC(C)(C)C(O)(c1ccc(-c2ccc(C(F)(F)F)cc2F)cc1)c1cncnc1. The zero-order chi connectivity index (χ0) is 21.4. The zero-order valence-electron chi connectivity index (χ0n) is 16.1. The molecular weight excluding hydrogens is 384 g/mol. The number of rotatable bonds is 3. The van der Waals surface area contributed by atoms with Crippen LogP contribution in [-0.2, 0) is 11.8 Å². The Morgan fingerprint density at radius 2 is 1.34 bits per heavy atom. The van der Waals surface area contributed by atoms with E-state index in [1.807, 2.05) is 20.8 Å². The lowest BCUT2D eigenvalue weighted by atomic mass is 9.69. The first kappa shape index (κ1) is 20.9. The highest BCUT2D eigenvalue weighted by Crippen LogP contribution is 2.44. The normalized spacial score (nSPS) is 14.5. The molecule has 1 heterocycles. The highest BCUT2D eigenvalue weighted by atomic mass is 19.4. The molecular formula is C22H20F4N2O. The summed E-state index contributed by atoms with van der Waals surface area (Å²) in [4.78, 5) is 7.96.